The lowest BCUT2D eigenvalue weighted by Gasteiger charge is -2.16. The lowest BCUT2D eigenvalue weighted by molar-refractivity contribution is 0.0519. The molecule has 0 amide bonds. The Morgan fingerprint density at radius 2 is 2.05 bits per heavy atom. The van der Waals surface area contributed by atoms with Crippen LogP contribution in [0.5, 0.6) is 0 Å². The van der Waals surface area contributed by atoms with Gasteiger partial charge in [0.2, 0.25) is 10.0 Å². The molecular formula is C29H30FN3O4S2. The number of hydrogen-bond donors (Lipinski definition) is 1. The number of aromatic nitrogens is 2. The third kappa shape index (κ3) is 5.83. The number of benzene rings is 2. The van der Waals surface area contributed by atoms with E-state index in [0.29, 0.717) is 39.0 Å². The summed E-state index contributed by atoms with van der Waals surface area (Å²) in [5, 5.41) is 5.78. The van der Waals surface area contributed by atoms with Gasteiger partial charge in [-0.3, -0.25) is 0 Å². The number of primary sulfonamides is 1. The molecule has 4 aromatic rings. The van der Waals surface area contributed by atoms with Crippen LogP contribution in [0.3, 0.4) is 0 Å². The van der Waals surface area contributed by atoms with E-state index in [1.807, 2.05) is 23.6 Å². The Kier molecular flexibility index (Phi) is 6.44. The Bertz CT molecular complexity index is 1780. The van der Waals surface area contributed by atoms with Gasteiger partial charge in [0.25, 0.3) is 0 Å². The van der Waals surface area contributed by atoms with Crippen molar-refractivity contribution < 1.29 is 26.5 Å². The van der Waals surface area contributed by atoms with E-state index in [2.05, 4.69) is 4.98 Å². The van der Waals surface area contributed by atoms with Crippen LogP contribution in [-0.4, -0.2) is 30.5 Å². The van der Waals surface area contributed by atoms with Gasteiger partial charge in [-0.2, -0.15) is 0 Å². The van der Waals surface area contributed by atoms with E-state index in [0.717, 1.165) is 36.2 Å². The molecule has 0 radical (unpaired) electrons. The highest BCUT2D eigenvalue weighted by molar-refractivity contribution is 7.89. The van der Waals surface area contributed by atoms with Crippen LogP contribution in [0.25, 0.3) is 21.8 Å². The maximum Gasteiger partial charge on any atom is 0.358 e. The van der Waals surface area contributed by atoms with Crippen LogP contribution in [0.2, 0.25) is 0 Å². The van der Waals surface area contributed by atoms with E-state index in [1.54, 1.807) is 25.1 Å². The quantitative estimate of drug-likeness (QED) is 0.254. The van der Waals surface area contributed by atoms with E-state index in [1.165, 1.54) is 17.4 Å². The van der Waals surface area contributed by atoms with Gasteiger partial charge in [-0.15, -0.1) is 11.3 Å². The lowest BCUT2D eigenvalue weighted by Crippen LogP contribution is -2.14. The second-order valence-corrected chi connectivity index (χ2v) is 12.4. The number of aryl methyl sites for hydroxylation is 2. The van der Waals surface area contributed by atoms with Crippen LogP contribution < -0.4 is 5.14 Å². The number of nitrogens with zero attached hydrogens (tertiary/aromatic N) is 2. The summed E-state index contributed by atoms with van der Waals surface area (Å²) in [4.78, 5) is 17.3. The molecule has 7 nitrogen and oxygen atoms in total. The minimum Gasteiger partial charge on any atom is -0.461 e. The van der Waals surface area contributed by atoms with Crippen molar-refractivity contribution in [3.63, 3.8) is 0 Å². The minimum absolute atomic E-state index is 0.173. The standard InChI is InChI=1S/C29H30FN3O4S2/c1-4-37-29(34)27-18(3)38-28(32-27)22-15-24(21-7-5-6-17(2)12-21)33(25(22)14-19-8-9-19)16-20-10-11-26(23(30)13-20)39(31,35)36/h5-7,10-13,15,19H,4,8-9,14,16H2,1-3H3,(H2,31,35,36)/i2D3. The van der Waals surface area contributed by atoms with Crippen LogP contribution in [0.1, 0.15) is 56.1 Å². The highest BCUT2D eigenvalue weighted by atomic mass is 32.2. The number of thiazole rings is 1. The second kappa shape index (κ2) is 10.7. The minimum atomic E-state index is -4.23. The van der Waals surface area contributed by atoms with Gasteiger partial charge in [0, 0.05) is 32.5 Å². The van der Waals surface area contributed by atoms with Crippen molar-refractivity contribution in [2.45, 2.75) is 51.4 Å². The number of hydrogen-bond acceptors (Lipinski definition) is 6. The molecule has 1 aliphatic rings. The first kappa shape index (κ1) is 23.5. The Morgan fingerprint density at radius 1 is 1.26 bits per heavy atom. The predicted molar refractivity (Wildman–Crippen MR) is 150 cm³/mol. The molecule has 0 saturated heterocycles. The fourth-order valence-electron chi connectivity index (χ4n) is 4.64. The summed E-state index contributed by atoms with van der Waals surface area (Å²) < 4.78 is 69.4. The van der Waals surface area contributed by atoms with Gasteiger partial charge >= 0.3 is 5.97 Å². The first-order valence-corrected chi connectivity index (χ1v) is 14.9. The molecule has 1 saturated carbocycles. The summed E-state index contributed by atoms with van der Waals surface area (Å²) in [6.45, 7) is 1.61. The van der Waals surface area contributed by atoms with Gasteiger partial charge in [0.05, 0.1) is 6.61 Å². The van der Waals surface area contributed by atoms with Gasteiger partial charge in [0.15, 0.2) is 5.69 Å². The van der Waals surface area contributed by atoms with E-state index >= 15 is 0 Å². The van der Waals surface area contributed by atoms with Crippen LogP contribution in [0.4, 0.5) is 4.39 Å². The average molecular weight is 571 g/mol. The molecule has 2 aromatic carbocycles. The summed E-state index contributed by atoms with van der Waals surface area (Å²) in [6, 6.07) is 12.4. The highest BCUT2D eigenvalue weighted by Gasteiger charge is 2.29. The maximum atomic E-state index is 14.8. The second-order valence-electron chi connectivity index (χ2n) is 9.66. The van der Waals surface area contributed by atoms with Crippen molar-refractivity contribution in [1.82, 2.24) is 9.55 Å². The molecule has 10 heteroatoms. The number of carbonyl (C=O) groups excluding carboxylic acids is 1. The summed E-state index contributed by atoms with van der Waals surface area (Å²) in [5.41, 5.74) is 3.95. The Hall–Kier alpha value is -3.34. The van der Waals surface area contributed by atoms with Crippen LogP contribution >= 0.6 is 11.3 Å². The number of rotatable bonds is 9. The average Bonchev–Trinajstić information content (AvgIpc) is 3.54. The molecule has 39 heavy (non-hydrogen) atoms. The number of nitrogens with two attached hydrogens (primary N) is 1. The SMILES string of the molecule is [2H]C([2H])([2H])c1cccc(-c2cc(-c3nc(C(=O)OCC)c(C)s3)c(CC3CC3)n2Cc2ccc(S(N)(=O)=O)c(F)c2)c1. The van der Waals surface area contributed by atoms with Crippen LogP contribution in [0, 0.1) is 25.5 Å². The molecule has 1 fully saturated rings. The van der Waals surface area contributed by atoms with Gasteiger partial charge < -0.3 is 9.30 Å². The van der Waals surface area contributed by atoms with Gasteiger partial charge in [-0.25, -0.2) is 27.7 Å². The summed E-state index contributed by atoms with van der Waals surface area (Å²) >= 11 is 1.37. The maximum absolute atomic E-state index is 14.8. The summed E-state index contributed by atoms with van der Waals surface area (Å²) in [7, 11) is -4.23. The zero-order chi connectivity index (χ0) is 30.4. The first-order valence-electron chi connectivity index (χ1n) is 14.1. The molecule has 5 rings (SSSR count). The first-order chi connectivity index (χ1) is 19.8. The normalized spacial score (nSPS) is 15.0. The summed E-state index contributed by atoms with van der Waals surface area (Å²) in [5.74, 6) is -1.02. The molecule has 0 bridgehead atoms. The van der Waals surface area contributed by atoms with Crippen LogP contribution in [-0.2, 0) is 27.7 Å². The van der Waals surface area contributed by atoms with E-state index in [9.17, 15) is 17.6 Å². The largest absolute Gasteiger partial charge is 0.461 e. The lowest BCUT2D eigenvalue weighted by atomic mass is 10.1. The Morgan fingerprint density at radius 3 is 2.72 bits per heavy atom. The fourth-order valence-corrected chi connectivity index (χ4v) is 6.17. The third-order valence-corrected chi connectivity index (χ3v) is 8.63. The van der Waals surface area contributed by atoms with E-state index < -0.39 is 33.6 Å². The molecule has 0 aliphatic heterocycles. The van der Waals surface area contributed by atoms with Crippen molar-refractivity contribution in [3.05, 3.63) is 81.7 Å². The molecule has 2 N–H and O–H groups in total. The van der Waals surface area contributed by atoms with Crippen molar-refractivity contribution in [2.24, 2.45) is 11.1 Å². The molecule has 1 aliphatic carbocycles. The molecule has 2 heterocycles. The third-order valence-electron chi connectivity index (χ3n) is 6.69. The predicted octanol–water partition coefficient (Wildman–Crippen LogP) is 5.86. The van der Waals surface area contributed by atoms with Crippen molar-refractivity contribution in [2.75, 3.05) is 6.61 Å². The van der Waals surface area contributed by atoms with Crippen molar-refractivity contribution in [1.29, 1.82) is 0 Å². The van der Waals surface area contributed by atoms with Crippen molar-refractivity contribution in [3.8, 4) is 21.8 Å². The van der Waals surface area contributed by atoms with E-state index in [4.69, 9.17) is 14.0 Å². The zero-order valence-corrected chi connectivity index (χ0v) is 23.2. The molecule has 0 spiro atoms. The highest BCUT2D eigenvalue weighted by Crippen LogP contribution is 2.41. The number of esters is 1. The van der Waals surface area contributed by atoms with Gasteiger partial charge in [0.1, 0.15) is 15.7 Å². The molecule has 0 unspecified atom stereocenters. The molecular weight excluding hydrogens is 537 g/mol. The van der Waals surface area contributed by atoms with Crippen molar-refractivity contribution >= 4 is 27.3 Å². The zero-order valence-electron chi connectivity index (χ0n) is 24.5. The number of sulfonamides is 1. The number of halogens is 1. The van der Waals surface area contributed by atoms with Gasteiger partial charge in [-0.05, 0) is 81.3 Å². The van der Waals surface area contributed by atoms with E-state index in [-0.39, 0.29) is 24.4 Å². The van der Waals surface area contributed by atoms with Gasteiger partial charge in [-0.1, -0.05) is 29.8 Å². The van der Waals surface area contributed by atoms with Crippen LogP contribution in [0.15, 0.2) is 53.4 Å². The fraction of sp³-hybridized carbons (Fsp3) is 0.310. The number of ether oxygens (including phenoxy) is 1. The molecule has 2 aromatic heterocycles. The summed E-state index contributed by atoms with van der Waals surface area (Å²) in [6.07, 6.45) is 2.80. The molecule has 0 atom stereocenters. The molecule has 204 valence electrons. The smallest absolute Gasteiger partial charge is 0.358 e. The topological polar surface area (TPSA) is 104 Å². The Labute approximate surface area is 235 Å². The Balaban J connectivity index is 1.70. The number of carbonyl (C=O) groups is 1. The monoisotopic (exact) mass is 570 g/mol.